The molecule has 1 unspecified atom stereocenters. The van der Waals surface area contributed by atoms with Gasteiger partial charge in [-0.1, -0.05) is 31.0 Å². The highest BCUT2D eigenvalue weighted by Crippen LogP contribution is 2.19. The third-order valence-electron chi connectivity index (χ3n) is 2.00. The first kappa shape index (κ1) is 13.5. The fraction of sp³-hybridized carbons (Fsp3) is 0.667. The molecule has 2 heteroatoms. The van der Waals surface area contributed by atoms with Crippen LogP contribution in [-0.4, -0.2) is 15.4 Å². The zero-order chi connectivity index (χ0) is 11.2. The van der Waals surface area contributed by atoms with Gasteiger partial charge in [0.25, 0.3) is 0 Å². The molecule has 0 radical (unpaired) electrons. The molecule has 0 aromatic heterocycles. The van der Waals surface area contributed by atoms with Crippen LogP contribution < -0.4 is 0 Å². The Kier molecular flexibility index (Phi) is 5.83. The summed E-state index contributed by atoms with van der Waals surface area (Å²) >= 11 is 0. The summed E-state index contributed by atoms with van der Waals surface area (Å²) in [6, 6.07) is 0. The van der Waals surface area contributed by atoms with Crippen LogP contribution in [0.4, 0.5) is 0 Å². The van der Waals surface area contributed by atoms with E-state index in [1.807, 2.05) is 6.92 Å². The van der Waals surface area contributed by atoms with E-state index in [4.69, 9.17) is 10.8 Å². The number of hydrogen-bond acceptors (Lipinski definition) is 1. The molecular weight excluding hydrogens is 188 g/mol. The molecule has 1 nitrogen and oxygen atoms in total. The van der Waals surface area contributed by atoms with E-state index in [1.54, 1.807) is 0 Å². The normalized spacial score (nSPS) is 15.5. The van der Waals surface area contributed by atoms with E-state index in [0.717, 1.165) is 6.42 Å². The lowest BCUT2D eigenvalue weighted by Gasteiger charge is -2.26. The van der Waals surface area contributed by atoms with Crippen molar-refractivity contribution in [2.45, 2.75) is 46.6 Å². The molecule has 0 amide bonds. The Morgan fingerprint density at radius 1 is 1.57 bits per heavy atom. The first-order chi connectivity index (χ1) is 6.39. The van der Waals surface area contributed by atoms with Gasteiger partial charge in [-0.15, -0.1) is 6.42 Å². The van der Waals surface area contributed by atoms with E-state index in [2.05, 4.69) is 39.3 Å². The van der Waals surface area contributed by atoms with Crippen molar-refractivity contribution in [3.05, 3.63) is 11.3 Å². The van der Waals surface area contributed by atoms with Gasteiger partial charge in [0.2, 0.25) is 0 Å². The van der Waals surface area contributed by atoms with Crippen molar-refractivity contribution >= 4 is 9.76 Å². The van der Waals surface area contributed by atoms with Crippen molar-refractivity contribution in [2.75, 3.05) is 0 Å². The molecule has 0 spiro atoms. The van der Waals surface area contributed by atoms with Crippen LogP contribution in [-0.2, 0) is 4.43 Å². The van der Waals surface area contributed by atoms with E-state index in [9.17, 15) is 0 Å². The highest BCUT2D eigenvalue weighted by atomic mass is 28.2. The predicted molar refractivity (Wildman–Crippen MR) is 65.8 cm³/mol. The zero-order valence-electron chi connectivity index (χ0n) is 10.1. The Bertz CT molecular complexity index is 233. The third kappa shape index (κ3) is 6.01. The number of rotatable bonds is 5. The van der Waals surface area contributed by atoms with Gasteiger partial charge in [-0.2, -0.15) is 0 Å². The maximum atomic E-state index is 5.83. The minimum atomic E-state index is -0.599. The van der Waals surface area contributed by atoms with E-state index >= 15 is 0 Å². The van der Waals surface area contributed by atoms with Crippen molar-refractivity contribution < 1.29 is 4.43 Å². The van der Waals surface area contributed by atoms with Crippen molar-refractivity contribution in [2.24, 2.45) is 5.92 Å². The zero-order valence-corrected chi connectivity index (χ0v) is 11.5. The molecule has 0 heterocycles. The van der Waals surface area contributed by atoms with E-state index < -0.39 is 9.76 Å². The fourth-order valence-corrected chi connectivity index (χ4v) is 2.32. The van der Waals surface area contributed by atoms with Gasteiger partial charge in [0.05, 0.1) is 0 Å². The van der Waals surface area contributed by atoms with E-state index in [1.165, 1.54) is 5.57 Å². The molecule has 0 aliphatic rings. The summed E-state index contributed by atoms with van der Waals surface area (Å²) in [4.78, 5) is 0. The molecule has 0 aromatic carbocycles. The molecule has 0 bridgehead atoms. The summed E-state index contributed by atoms with van der Waals surface area (Å²) < 4.78 is 5.83. The topological polar surface area (TPSA) is 9.23 Å². The molecule has 1 atom stereocenters. The minimum Gasteiger partial charge on any atom is -0.403 e. The summed E-state index contributed by atoms with van der Waals surface area (Å²) in [6.45, 7) is 10.5. The number of terminal acetylenes is 1. The lowest BCUT2D eigenvalue weighted by atomic mass is 9.95. The van der Waals surface area contributed by atoms with E-state index in [0.29, 0.717) is 5.92 Å². The van der Waals surface area contributed by atoms with Gasteiger partial charge in [-0.3, -0.25) is 0 Å². The average Bonchev–Trinajstić information content (AvgIpc) is 2.02. The molecule has 0 aromatic rings. The second-order valence-corrected chi connectivity index (χ2v) is 5.60. The highest BCUT2D eigenvalue weighted by molar-refractivity contribution is 6.34. The van der Waals surface area contributed by atoms with Crippen LogP contribution in [0.15, 0.2) is 11.3 Å². The third-order valence-corrected chi connectivity index (χ3v) is 3.78. The van der Waals surface area contributed by atoms with Crippen LogP contribution in [0.2, 0.25) is 0 Å². The summed E-state index contributed by atoms with van der Waals surface area (Å²) in [5, 5.41) is 0. The smallest absolute Gasteiger partial charge is 0.187 e. The van der Waals surface area contributed by atoms with Crippen molar-refractivity contribution in [3.8, 4) is 12.3 Å². The van der Waals surface area contributed by atoms with Crippen molar-refractivity contribution in [1.82, 2.24) is 0 Å². The van der Waals surface area contributed by atoms with Crippen molar-refractivity contribution in [3.63, 3.8) is 0 Å². The van der Waals surface area contributed by atoms with Gasteiger partial charge >= 0.3 is 0 Å². The molecule has 80 valence electrons. The minimum absolute atomic E-state index is 0.355. The lowest BCUT2D eigenvalue weighted by molar-refractivity contribution is 0.134. The molecule has 0 saturated heterocycles. The molecule has 14 heavy (non-hydrogen) atoms. The summed E-state index contributed by atoms with van der Waals surface area (Å²) in [5.74, 6) is 3.35. The first-order valence-corrected chi connectivity index (χ1v) is 6.54. The van der Waals surface area contributed by atoms with Crippen LogP contribution >= 0.6 is 0 Å². The largest absolute Gasteiger partial charge is 0.403 e. The van der Waals surface area contributed by atoms with Crippen LogP contribution in [0.25, 0.3) is 0 Å². The molecule has 0 rings (SSSR count). The molecule has 0 aliphatic heterocycles. The number of allylic oxidation sites excluding steroid dienone is 1. The Balaban J connectivity index is 4.14. The average molecular weight is 210 g/mol. The van der Waals surface area contributed by atoms with Gasteiger partial charge in [0.15, 0.2) is 9.76 Å². The van der Waals surface area contributed by atoms with E-state index in [-0.39, 0.29) is 5.60 Å². The highest BCUT2D eigenvalue weighted by Gasteiger charge is 2.22. The summed E-state index contributed by atoms with van der Waals surface area (Å²) in [7, 11) is -0.599. The molecule has 0 N–H and O–H groups in total. The van der Waals surface area contributed by atoms with Crippen LogP contribution in [0.1, 0.15) is 41.0 Å². The maximum absolute atomic E-state index is 5.83. The predicted octanol–water partition coefficient (Wildman–Crippen LogP) is 2.45. The second-order valence-electron chi connectivity index (χ2n) is 4.57. The van der Waals surface area contributed by atoms with Crippen LogP contribution in [0, 0.1) is 18.3 Å². The molecule has 0 fully saturated rings. The fourth-order valence-electron chi connectivity index (χ4n) is 1.33. The number of hydrogen-bond donors (Lipinski definition) is 0. The van der Waals surface area contributed by atoms with Gasteiger partial charge in [-0.25, -0.2) is 0 Å². The van der Waals surface area contributed by atoms with Crippen LogP contribution in [0.3, 0.4) is 0 Å². The van der Waals surface area contributed by atoms with Gasteiger partial charge in [0.1, 0.15) is 5.60 Å². The van der Waals surface area contributed by atoms with Crippen LogP contribution in [0.5, 0.6) is 0 Å². The Morgan fingerprint density at radius 2 is 2.14 bits per heavy atom. The molecular formula is C12H22OSi. The second kappa shape index (κ2) is 6.05. The van der Waals surface area contributed by atoms with Gasteiger partial charge in [-0.05, 0) is 33.1 Å². The SMILES string of the molecule is C#CC(C)(CC(C)C)O[SiH2]C=C(C)C. The van der Waals surface area contributed by atoms with Gasteiger partial charge in [0, 0.05) is 0 Å². The van der Waals surface area contributed by atoms with Crippen molar-refractivity contribution in [1.29, 1.82) is 0 Å². The Morgan fingerprint density at radius 3 is 2.50 bits per heavy atom. The monoisotopic (exact) mass is 210 g/mol. The lowest BCUT2D eigenvalue weighted by Crippen LogP contribution is -2.30. The first-order valence-electron chi connectivity index (χ1n) is 5.14. The molecule has 0 saturated carbocycles. The summed E-state index contributed by atoms with van der Waals surface area (Å²) in [5.41, 5.74) is 3.16. The maximum Gasteiger partial charge on any atom is 0.187 e. The summed E-state index contributed by atoms with van der Waals surface area (Å²) in [6.07, 6.45) is 6.44. The van der Waals surface area contributed by atoms with Gasteiger partial charge < -0.3 is 4.43 Å². The molecule has 0 aliphatic carbocycles. The Labute approximate surface area is 90.9 Å². The Hall–Kier alpha value is -0.523. The quantitative estimate of drug-likeness (QED) is 0.500. The standard InChI is InChI=1S/C12H22OSi/c1-7-12(6,8-10(2)3)13-14-9-11(4)5/h1,9-10H,8,14H2,2-6H3.